The molecule has 5 nitrogen and oxygen atoms in total. The molecule has 2 saturated heterocycles. The molecule has 3 rings (SSSR count). The zero-order valence-corrected chi connectivity index (χ0v) is 17.7. The van der Waals surface area contributed by atoms with E-state index in [9.17, 15) is 0 Å². The number of hydrogen-bond acceptors (Lipinski definition) is 4. The largest absolute Gasteiger partial charge is 0.377 e. The number of fused-ring (bicyclic) bond motifs is 1. The summed E-state index contributed by atoms with van der Waals surface area (Å²) in [6, 6.07) is 0.470. The maximum Gasteiger partial charge on any atom is 0.191 e. The number of guanidine groups is 1. The summed E-state index contributed by atoms with van der Waals surface area (Å²) in [5.74, 6) is 4.13. The third kappa shape index (κ3) is 4.27. The number of nitrogens with zero attached hydrogens (tertiary/aromatic N) is 2. The van der Waals surface area contributed by atoms with Gasteiger partial charge in [0.15, 0.2) is 5.96 Å². The summed E-state index contributed by atoms with van der Waals surface area (Å²) >= 11 is 2.06. The van der Waals surface area contributed by atoms with Crippen LogP contribution in [-0.2, 0) is 4.74 Å². The smallest absolute Gasteiger partial charge is 0.191 e. The van der Waals surface area contributed by atoms with Crippen molar-refractivity contribution in [2.24, 2.45) is 16.3 Å². The third-order valence-electron chi connectivity index (χ3n) is 5.44. The number of ether oxygens (including phenoxy) is 1. The molecule has 1 aliphatic carbocycles. The number of hydrogen-bond donors (Lipinski definition) is 2. The molecule has 3 unspecified atom stereocenters. The molecule has 2 N–H and O–H groups in total. The number of aliphatic imine (C=N–C) groups is 1. The van der Waals surface area contributed by atoms with Crippen molar-refractivity contribution >= 4 is 41.7 Å². The van der Waals surface area contributed by atoms with Crippen LogP contribution in [0, 0.1) is 11.3 Å². The highest BCUT2D eigenvalue weighted by Crippen LogP contribution is 2.51. The monoisotopic (exact) mass is 454 g/mol. The van der Waals surface area contributed by atoms with Crippen molar-refractivity contribution in [3.8, 4) is 0 Å². The van der Waals surface area contributed by atoms with E-state index < -0.39 is 0 Å². The fourth-order valence-electron chi connectivity index (χ4n) is 4.12. The van der Waals surface area contributed by atoms with Gasteiger partial charge >= 0.3 is 0 Å². The van der Waals surface area contributed by atoms with E-state index in [0.717, 1.165) is 25.7 Å². The molecule has 23 heavy (non-hydrogen) atoms. The fourth-order valence-corrected chi connectivity index (χ4v) is 5.10. The summed E-state index contributed by atoms with van der Waals surface area (Å²) in [6.45, 7) is 10.0. The molecule has 3 fully saturated rings. The Hall–Kier alpha value is 0.270. The molecule has 0 radical (unpaired) electrons. The zero-order valence-electron chi connectivity index (χ0n) is 14.5. The van der Waals surface area contributed by atoms with Gasteiger partial charge in [0.05, 0.1) is 6.10 Å². The number of thioether (sulfide) groups is 1. The second-order valence-corrected chi connectivity index (χ2v) is 8.37. The first-order valence-corrected chi connectivity index (χ1v) is 9.67. The van der Waals surface area contributed by atoms with Crippen LogP contribution in [0.1, 0.15) is 20.3 Å². The van der Waals surface area contributed by atoms with E-state index in [1.165, 1.54) is 31.0 Å². The minimum Gasteiger partial charge on any atom is -0.377 e. The van der Waals surface area contributed by atoms with Gasteiger partial charge in [-0.25, -0.2) is 0 Å². The predicted octanol–water partition coefficient (Wildman–Crippen LogP) is 1.63. The molecule has 0 aromatic carbocycles. The van der Waals surface area contributed by atoms with Crippen molar-refractivity contribution in [1.29, 1.82) is 0 Å². The van der Waals surface area contributed by atoms with E-state index in [1.54, 1.807) is 0 Å². The lowest BCUT2D eigenvalue weighted by Gasteiger charge is -2.54. The van der Waals surface area contributed by atoms with Crippen LogP contribution in [-0.4, -0.2) is 74.3 Å². The Morgan fingerprint density at radius 1 is 1.35 bits per heavy atom. The highest BCUT2D eigenvalue weighted by atomic mass is 127. The van der Waals surface area contributed by atoms with Gasteiger partial charge in [-0.2, -0.15) is 11.8 Å². The van der Waals surface area contributed by atoms with Crippen LogP contribution in [0.15, 0.2) is 4.99 Å². The van der Waals surface area contributed by atoms with Crippen LogP contribution in [0.4, 0.5) is 0 Å². The number of halogens is 1. The molecular formula is C16H31IN4OS. The van der Waals surface area contributed by atoms with Crippen molar-refractivity contribution in [2.75, 3.05) is 51.3 Å². The lowest BCUT2D eigenvalue weighted by Crippen LogP contribution is -2.68. The highest BCUT2D eigenvalue weighted by Gasteiger charge is 2.59. The van der Waals surface area contributed by atoms with Gasteiger partial charge in [-0.1, -0.05) is 13.8 Å². The van der Waals surface area contributed by atoms with Crippen LogP contribution in [0.5, 0.6) is 0 Å². The zero-order chi connectivity index (χ0) is 15.6. The molecule has 0 aromatic heterocycles. The summed E-state index contributed by atoms with van der Waals surface area (Å²) < 4.78 is 5.86. The number of rotatable bonds is 4. The Kier molecular flexibility index (Phi) is 7.31. The molecule has 134 valence electrons. The average molecular weight is 454 g/mol. The van der Waals surface area contributed by atoms with Gasteiger partial charge in [-0.15, -0.1) is 24.0 Å². The molecule has 3 aliphatic rings. The minimum atomic E-state index is 0. The topological polar surface area (TPSA) is 48.9 Å². The summed E-state index contributed by atoms with van der Waals surface area (Å²) in [5.41, 5.74) is 0.197. The van der Waals surface area contributed by atoms with E-state index in [-0.39, 0.29) is 29.4 Å². The van der Waals surface area contributed by atoms with Gasteiger partial charge in [0.1, 0.15) is 0 Å². The lowest BCUT2D eigenvalue weighted by atomic mass is 9.57. The van der Waals surface area contributed by atoms with Gasteiger partial charge in [-0.3, -0.25) is 9.89 Å². The number of nitrogens with one attached hydrogen (secondary N) is 2. The molecule has 2 heterocycles. The molecule has 2 aliphatic heterocycles. The first kappa shape index (κ1) is 19.6. The van der Waals surface area contributed by atoms with Crippen molar-refractivity contribution in [2.45, 2.75) is 32.4 Å². The van der Waals surface area contributed by atoms with E-state index in [4.69, 9.17) is 4.74 Å². The van der Waals surface area contributed by atoms with Gasteiger partial charge in [-0.05, 0) is 6.42 Å². The normalized spacial score (nSPS) is 33.3. The molecule has 7 heteroatoms. The van der Waals surface area contributed by atoms with Crippen molar-refractivity contribution in [3.63, 3.8) is 0 Å². The second-order valence-electron chi connectivity index (χ2n) is 7.14. The molecule has 0 amide bonds. The lowest BCUT2D eigenvalue weighted by molar-refractivity contribution is -0.106. The predicted molar refractivity (Wildman–Crippen MR) is 109 cm³/mol. The van der Waals surface area contributed by atoms with Gasteiger partial charge in [0, 0.05) is 68.7 Å². The Morgan fingerprint density at radius 2 is 2.09 bits per heavy atom. The van der Waals surface area contributed by atoms with E-state index >= 15 is 0 Å². The first-order chi connectivity index (χ1) is 10.6. The van der Waals surface area contributed by atoms with Crippen LogP contribution in [0.3, 0.4) is 0 Å². The summed E-state index contributed by atoms with van der Waals surface area (Å²) in [6.07, 6.45) is 1.60. The quantitative estimate of drug-likeness (QED) is 0.384. The molecule has 3 atom stereocenters. The van der Waals surface area contributed by atoms with Crippen molar-refractivity contribution < 1.29 is 4.74 Å². The van der Waals surface area contributed by atoms with E-state index in [1.807, 2.05) is 7.05 Å². The SMILES string of the molecule is CN=C(NCCN1CCSCC1)NC1C2CCOC2C1(C)C.I. The Morgan fingerprint density at radius 3 is 2.78 bits per heavy atom. The highest BCUT2D eigenvalue weighted by molar-refractivity contribution is 14.0. The summed E-state index contributed by atoms with van der Waals surface area (Å²) in [4.78, 5) is 6.94. The van der Waals surface area contributed by atoms with Gasteiger partial charge in [0.2, 0.25) is 0 Å². The average Bonchev–Trinajstić information content (AvgIpc) is 2.98. The van der Waals surface area contributed by atoms with Crippen LogP contribution >= 0.6 is 35.7 Å². The Labute approximate surface area is 161 Å². The molecule has 0 spiro atoms. The maximum absolute atomic E-state index is 5.86. The standard InChI is InChI=1S/C16H30N4OS.HI/c1-16(2)13(12-4-9-21-14(12)16)19-15(17-3)18-5-6-20-7-10-22-11-8-20;/h12-14H,4-11H2,1-3H3,(H2,17,18,19);1H. The molecule has 1 saturated carbocycles. The molecular weight excluding hydrogens is 423 g/mol. The van der Waals surface area contributed by atoms with Crippen LogP contribution in [0.25, 0.3) is 0 Å². The second kappa shape index (κ2) is 8.58. The minimum absolute atomic E-state index is 0. The van der Waals surface area contributed by atoms with E-state index in [0.29, 0.717) is 18.1 Å². The summed E-state index contributed by atoms with van der Waals surface area (Å²) in [5, 5.41) is 7.12. The molecule has 0 bridgehead atoms. The Bertz CT molecular complexity index is 415. The van der Waals surface area contributed by atoms with E-state index in [2.05, 4.69) is 46.1 Å². The van der Waals surface area contributed by atoms with Crippen LogP contribution < -0.4 is 10.6 Å². The Balaban J connectivity index is 0.00000192. The third-order valence-corrected chi connectivity index (χ3v) is 6.38. The van der Waals surface area contributed by atoms with Crippen LogP contribution in [0.2, 0.25) is 0 Å². The fraction of sp³-hybridized carbons (Fsp3) is 0.938. The van der Waals surface area contributed by atoms with Gasteiger partial charge < -0.3 is 15.4 Å². The van der Waals surface area contributed by atoms with Gasteiger partial charge in [0.25, 0.3) is 0 Å². The summed E-state index contributed by atoms with van der Waals surface area (Å²) in [7, 11) is 1.86. The van der Waals surface area contributed by atoms with Crippen molar-refractivity contribution in [3.05, 3.63) is 0 Å². The van der Waals surface area contributed by atoms with Crippen molar-refractivity contribution in [1.82, 2.24) is 15.5 Å². The molecule has 0 aromatic rings. The first-order valence-electron chi connectivity index (χ1n) is 8.52. The maximum atomic E-state index is 5.86.